The first-order chi connectivity index (χ1) is 10.0. The molecule has 0 saturated carbocycles. The highest BCUT2D eigenvalue weighted by atomic mass is 19.1. The van der Waals surface area contributed by atoms with Gasteiger partial charge in [-0.1, -0.05) is 12.1 Å². The van der Waals surface area contributed by atoms with E-state index < -0.39 is 5.91 Å². The van der Waals surface area contributed by atoms with Gasteiger partial charge in [-0.15, -0.1) is 0 Å². The van der Waals surface area contributed by atoms with Crippen LogP contribution in [0.2, 0.25) is 0 Å². The number of carbonyl (C=O) groups excluding carboxylic acids is 2. The van der Waals surface area contributed by atoms with Gasteiger partial charge in [0.05, 0.1) is 0 Å². The quantitative estimate of drug-likeness (QED) is 0.847. The van der Waals surface area contributed by atoms with Crippen molar-refractivity contribution < 1.29 is 14.0 Å². The van der Waals surface area contributed by atoms with Gasteiger partial charge < -0.3 is 11.1 Å². The zero-order valence-corrected chi connectivity index (χ0v) is 11.0. The van der Waals surface area contributed by atoms with Crippen LogP contribution in [-0.4, -0.2) is 11.8 Å². The van der Waals surface area contributed by atoms with E-state index in [4.69, 9.17) is 5.73 Å². The van der Waals surface area contributed by atoms with E-state index in [0.29, 0.717) is 16.8 Å². The molecule has 2 amide bonds. The number of anilines is 1. The van der Waals surface area contributed by atoms with Crippen LogP contribution in [0.3, 0.4) is 0 Å². The van der Waals surface area contributed by atoms with Crippen molar-refractivity contribution in [2.75, 3.05) is 5.32 Å². The summed E-state index contributed by atoms with van der Waals surface area (Å²) in [7, 11) is 0. The normalized spacial score (nSPS) is 10.5. The van der Waals surface area contributed by atoms with E-state index in [0.717, 1.165) is 0 Å². The van der Waals surface area contributed by atoms with Crippen molar-refractivity contribution in [2.45, 2.75) is 0 Å². The summed E-state index contributed by atoms with van der Waals surface area (Å²) < 4.78 is 13.0. The van der Waals surface area contributed by atoms with Crippen LogP contribution in [0.25, 0.3) is 6.08 Å². The fourth-order valence-electron chi connectivity index (χ4n) is 1.68. The first-order valence-electron chi connectivity index (χ1n) is 6.19. The molecular formula is C16H13FN2O2. The first kappa shape index (κ1) is 14.5. The van der Waals surface area contributed by atoms with Crippen molar-refractivity contribution in [3.05, 3.63) is 71.6 Å². The van der Waals surface area contributed by atoms with E-state index in [9.17, 15) is 14.0 Å². The number of rotatable bonds is 4. The van der Waals surface area contributed by atoms with Crippen molar-refractivity contribution in [1.29, 1.82) is 0 Å². The van der Waals surface area contributed by atoms with Gasteiger partial charge in [-0.2, -0.15) is 0 Å². The summed E-state index contributed by atoms with van der Waals surface area (Å²) in [5.41, 5.74) is 6.61. The van der Waals surface area contributed by atoms with Gasteiger partial charge in [0.25, 0.3) is 0 Å². The van der Waals surface area contributed by atoms with E-state index in [1.165, 1.54) is 36.4 Å². The van der Waals surface area contributed by atoms with Crippen LogP contribution in [0.1, 0.15) is 15.9 Å². The Bertz CT molecular complexity index is 694. The molecule has 0 spiro atoms. The molecule has 21 heavy (non-hydrogen) atoms. The Morgan fingerprint density at radius 3 is 2.43 bits per heavy atom. The summed E-state index contributed by atoms with van der Waals surface area (Å²) >= 11 is 0. The molecule has 0 atom stereocenters. The van der Waals surface area contributed by atoms with Crippen LogP contribution in [0.5, 0.6) is 0 Å². The number of primary amides is 1. The van der Waals surface area contributed by atoms with Crippen LogP contribution in [0.15, 0.2) is 54.6 Å². The van der Waals surface area contributed by atoms with Crippen molar-refractivity contribution >= 4 is 23.6 Å². The molecule has 0 fully saturated rings. The SMILES string of the molecule is NC(=O)c1ccc(NC(=O)C=Cc2cccc(F)c2)cc1. The molecule has 2 rings (SSSR count). The lowest BCUT2D eigenvalue weighted by atomic mass is 10.2. The molecule has 5 heteroatoms. The Balaban J connectivity index is 1.99. The molecule has 0 radical (unpaired) electrons. The zero-order valence-electron chi connectivity index (χ0n) is 11.0. The fourth-order valence-corrected chi connectivity index (χ4v) is 1.68. The summed E-state index contributed by atoms with van der Waals surface area (Å²) in [6, 6.07) is 12.1. The maximum atomic E-state index is 13.0. The van der Waals surface area contributed by atoms with Gasteiger partial charge in [0, 0.05) is 17.3 Å². The summed E-state index contributed by atoms with van der Waals surface area (Å²) in [6.07, 6.45) is 2.81. The average molecular weight is 284 g/mol. The number of benzene rings is 2. The molecule has 0 aliphatic rings. The van der Waals surface area contributed by atoms with Crippen LogP contribution in [-0.2, 0) is 4.79 Å². The molecule has 4 nitrogen and oxygen atoms in total. The van der Waals surface area contributed by atoms with Gasteiger partial charge in [0.1, 0.15) is 5.82 Å². The topological polar surface area (TPSA) is 72.2 Å². The largest absolute Gasteiger partial charge is 0.366 e. The molecule has 0 heterocycles. The lowest BCUT2D eigenvalue weighted by molar-refractivity contribution is -0.111. The molecule has 0 aromatic heterocycles. The van der Waals surface area contributed by atoms with Crippen LogP contribution < -0.4 is 11.1 Å². The number of hydrogen-bond acceptors (Lipinski definition) is 2. The molecule has 2 aromatic rings. The van der Waals surface area contributed by atoms with Crippen LogP contribution in [0, 0.1) is 5.82 Å². The fraction of sp³-hybridized carbons (Fsp3) is 0. The predicted octanol–water partition coefficient (Wildman–Crippen LogP) is 2.58. The third kappa shape index (κ3) is 4.28. The van der Waals surface area contributed by atoms with Gasteiger partial charge in [0.2, 0.25) is 11.8 Å². The second kappa shape index (κ2) is 6.47. The first-order valence-corrected chi connectivity index (χ1v) is 6.19. The maximum absolute atomic E-state index is 13.0. The molecule has 0 saturated heterocycles. The molecule has 0 aliphatic heterocycles. The van der Waals surface area contributed by atoms with Gasteiger partial charge in [0.15, 0.2) is 0 Å². The Morgan fingerprint density at radius 1 is 1.10 bits per heavy atom. The van der Waals surface area contributed by atoms with Gasteiger partial charge in [-0.3, -0.25) is 9.59 Å². The molecule has 0 unspecified atom stereocenters. The molecule has 0 bridgehead atoms. The van der Waals surface area contributed by atoms with Crippen LogP contribution >= 0.6 is 0 Å². The minimum Gasteiger partial charge on any atom is -0.366 e. The highest BCUT2D eigenvalue weighted by Crippen LogP contribution is 2.10. The van der Waals surface area contributed by atoms with Gasteiger partial charge in [-0.05, 0) is 48.0 Å². The molecule has 2 aromatic carbocycles. The van der Waals surface area contributed by atoms with Gasteiger partial charge in [-0.25, -0.2) is 4.39 Å². The Hall–Kier alpha value is -2.95. The number of nitrogens with two attached hydrogens (primary N) is 1. The maximum Gasteiger partial charge on any atom is 0.248 e. The van der Waals surface area contributed by atoms with Crippen molar-refractivity contribution in [3.8, 4) is 0 Å². The number of amides is 2. The van der Waals surface area contributed by atoms with Crippen molar-refractivity contribution in [2.24, 2.45) is 5.73 Å². The smallest absolute Gasteiger partial charge is 0.248 e. The second-order valence-corrected chi connectivity index (χ2v) is 4.32. The summed E-state index contributed by atoms with van der Waals surface area (Å²) in [5.74, 6) is -1.25. The minimum atomic E-state index is -0.529. The highest BCUT2D eigenvalue weighted by molar-refractivity contribution is 6.02. The third-order valence-corrected chi connectivity index (χ3v) is 2.71. The molecule has 3 N–H and O–H groups in total. The second-order valence-electron chi connectivity index (χ2n) is 4.32. The van der Waals surface area contributed by atoms with E-state index in [1.54, 1.807) is 24.3 Å². The summed E-state index contributed by atoms with van der Waals surface area (Å²) in [5, 5.41) is 2.62. The summed E-state index contributed by atoms with van der Waals surface area (Å²) in [4.78, 5) is 22.6. The monoisotopic (exact) mass is 284 g/mol. The lowest BCUT2D eigenvalue weighted by Crippen LogP contribution is -2.11. The Labute approximate surface area is 121 Å². The minimum absolute atomic E-state index is 0.355. The van der Waals surface area contributed by atoms with E-state index in [2.05, 4.69) is 5.32 Å². The Kier molecular flexibility index (Phi) is 4.46. The van der Waals surface area contributed by atoms with E-state index >= 15 is 0 Å². The van der Waals surface area contributed by atoms with Crippen LogP contribution in [0.4, 0.5) is 10.1 Å². The average Bonchev–Trinajstić information content (AvgIpc) is 2.46. The standard InChI is InChI=1S/C16H13FN2O2/c17-13-3-1-2-11(10-13)4-9-15(20)19-14-7-5-12(6-8-14)16(18)21/h1-10H,(H2,18,21)(H,19,20). The number of hydrogen-bond donors (Lipinski definition) is 2. The Morgan fingerprint density at radius 2 is 1.81 bits per heavy atom. The van der Waals surface area contributed by atoms with Crippen molar-refractivity contribution in [3.63, 3.8) is 0 Å². The van der Waals surface area contributed by atoms with E-state index in [-0.39, 0.29) is 11.7 Å². The van der Waals surface area contributed by atoms with Crippen molar-refractivity contribution in [1.82, 2.24) is 0 Å². The molecule has 0 aliphatic carbocycles. The molecule has 106 valence electrons. The zero-order chi connectivity index (χ0) is 15.2. The predicted molar refractivity (Wildman–Crippen MR) is 79.0 cm³/mol. The highest BCUT2D eigenvalue weighted by Gasteiger charge is 2.01. The number of carbonyl (C=O) groups is 2. The van der Waals surface area contributed by atoms with E-state index in [1.807, 2.05) is 0 Å². The third-order valence-electron chi connectivity index (χ3n) is 2.71. The summed E-state index contributed by atoms with van der Waals surface area (Å²) in [6.45, 7) is 0. The van der Waals surface area contributed by atoms with Gasteiger partial charge >= 0.3 is 0 Å². The number of nitrogens with one attached hydrogen (secondary N) is 1. The lowest BCUT2D eigenvalue weighted by Gasteiger charge is -2.02. The molecular weight excluding hydrogens is 271 g/mol. The number of halogens is 1.